The molecule has 2 nitrogen and oxygen atoms in total. The van der Waals surface area contributed by atoms with E-state index in [2.05, 4.69) is 21.0 Å². The van der Waals surface area contributed by atoms with Gasteiger partial charge in [0.15, 0.2) is 0 Å². The lowest BCUT2D eigenvalue weighted by molar-refractivity contribution is 0.708. The lowest BCUT2D eigenvalue weighted by Gasteiger charge is -2.06. The van der Waals surface area contributed by atoms with E-state index in [-0.39, 0.29) is 0 Å². The SMILES string of the molecule is Cn1ncc(C2CCCC2)c1Br. The zero-order valence-electron chi connectivity index (χ0n) is 7.26. The topological polar surface area (TPSA) is 17.8 Å². The Bertz CT molecular complexity index is 274. The number of aromatic nitrogens is 2. The molecule has 2 rings (SSSR count). The van der Waals surface area contributed by atoms with Crippen LogP contribution in [0.3, 0.4) is 0 Å². The van der Waals surface area contributed by atoms with Crippen molar-refractivity contribution in [1.82, 2.24) is 9.78 Å². The summed E-state index contributed by atoms with van der Waals surface area (Å²) in [6.45, 7) is 0. The molecule has 0 spiro atoms. The first-order valence-electron chi connectivity index (χ1n) is 4.46. The van der Waals surface area contributed by atoms with Crippen molar-refractivity contribution >= 4 is 15.9 Å². The smallest absolute Gasteiger partial charge is 0.107 e. The zero-order chi connectivity index (χ0) is 8.55. The molecule has 1 saturated carbocycles. The van der Waals surface area contributed by atoms with Gasteiger partial charge in [-0.25, -0.2) is 0 Å². The van der Waals surface area contributed by atoms with Crippen LogP contribution >= 0.6 is 15.9 Å². The van der Waals surface area contributed by atoms with Gasteiger partial charge in [0.1, 0.15) is 4.60 Å². The molecule has 1 aromatic rings. The van der Waals surface area contributed by atoms with Crippen LogP contribution < -0.4 is 0 Å². The predicted molar refractivity (Wildman–Crippen MR) is 52.1 cm³/mol. The minimum Gasteiger partial charge on any atom is -0.261 e. The van der Waals surface area contributed by atoms with Gasteiger partial charge in [-0.1, -0.05) is 12.8 Å². The molecule has 1 aliphatic rings. The summed E-state index contributed by atoms with van der Waals surface area (Å²) in [5.41, 5.74) is 1.40. The number of rotatable bonds is 1. The molecular weight excluding hydrogens is 216 g/mol. The summed E-state index contributed by atoms with van der Waals surface area (Å²) in [4.78, 5) is 0. The highest BCUT2D eigenvalue weighted by Gasteiger charge is 2.21. The van der Waals surface area contributed by atoms with Gasteiger partial charge in [-0.15, -0.1) is 0 Å². The Balaban J connectivity index is 2.26. The van der Waals surface area contributed by atoms with Crippen molar-refractivity contribution in [2.24, 2.45) is 7.05 Å². The van der Waals surface area contributed by atoms with Gasteiger partial charge in [-0.2, -0.15) is 5.10 Å². The van der Waals surface area contributed by atoms with Crippen molar-refractivity contribution < 1.29 is 0 Å². The van der Waals surface area contributed by atoms with Crippen LogP contribution in [-0.2, 0) is 7.05 Å². The van der Waals surface area contributed by atoms with E-state index in [4.69, 9.17) is 0 Å². The third kappa shape index (κ3) is 1.30. The lowest BCUT2D eigenvalue weighted by Crippen LogP contribution is -1.93. The molecule has 3 heteroatoms. The van der Waals surface area contributed by atoms with Gasteiger partial charge in [0.2, 0.25) is 0 Å². The number of nitrogens with zero attached hydrogens (tertiary/aromatic N) is 2. The maximum atomic E-state index is 4.23. The molecule has 0 aromatic carbocycles. The first-order chi connectivity index (χ1) is 5.79. The Morgan fingerprint density at radius 1 is 1.50 bits per heavy atom. The van der Waals surface area contributed by atoms with Crippen LogP contribution in [0.25, 0.3) is 0 Å². The monoisotopic (exact) mass is 228 g/mol. The normalized spacial score (nSPS) is 18.8. The van der Waals surface area contributed by atoms with E-state index >= 15 is 0 Å². The lowest BCUT2D eigenvalue weighted by atomic mass is 10.0. The molecule has 0 N–H and O–H groups in total. The molecule has 0 unspecified atom stereocenters. The van der Waals surface area contributed by atoms with Gasteiger partial charge < -0.3 is 0 Å². The van der Waals surface area contributed by atoms with Crippen molar-refractivity contribution in [2.75, 3.05) is 0 Å². The molecule has 0 amide bonds. The first kappa shape index (κ1) is 8.30. The fourth-order valence-corrected chi connectivity index (χ4v) is 2.47. The maximum Gasteiger partial charge on any atom is 0.107 e. The van der Waals surface area contributed by atoms with Crippen LogP contribution in [0.2, 0.25) is 0 Å². The van der Waals surface area contributed by atoms with E-state index in [1.807, 2.05) is 17.9 Å². The van der Waals surface area contributed by atoms with Crippen molar-refractivity contribution in [3.63, 3.8) is 0 Å². The Hall–Kier alpha value is -0.310. The van der Waals surface area contributed by atoms with Crippen LogP contribution in [-0.4, -0.2) is 9.78 Å². The zero-order valence-corrected chi connectivity index (χ0v) is 8.84. The van der Waals surface area contributed by atoms with E-state index in [9.17, 15) is 0 Å². The van der Waals surface area contributed by atoms with Gasteiger partial charge in [-0.05, 0) is 34.7 Å². The molecule has 1 aliphatic carbocycles. The minimum absolute atomic E-state index is 0.757. The molecule has 12 heavy (non-hydrogen) atoms. The fourth-order valence-electron chi connectivity index (χ4n) is 1.95. The molecule has 66 valence electrons. The summed E-state index contributed by atoms with van der Waals surface area (Å²) < 4.78 is 3.06. The van der Waals surface area contributed by atoms with Crippen molar-refractivity contribution in [3.05, 3.63) is 16.4 Å². The second-order valence-electron chi connectivity index (χ2n) is 3.50. The summed E-state index contributed by atoms with van der Waals surface area (Å²) in [6.07, 6.45) is 7.44. The summed E-state index contributed by atoms with van der Waals surface area (Å²) in [6, 6.07) is 0. The van der Waals surface area contributed by atoms with Crippen molar-refractivity contribution in [2.45, 2.75) is 31.6 Å². The Kier molecular flexibility index (Phi) is 2.22. The molecular formula is C9H13BrN2. The Morgan fingerprint density at radius 2 is 2.17 bits per heavy atom. The molecule has 1 fully saturated rings. The molecule has 1 heterocycles. The third-order valence-electron chi connectivity index (χ3n) is 2.69. The standard InChI is InChI=1S/C9H13BrN2/c1-12-9(10)8(6-11-12)7-4-2-3-5-7/h6-7H,2-5H2,1H3. The number of aryl methyl sites for hydroxylation is 1. The second kappa shape index (κ2) is 3.21. The van der Waals surface area contributed by atoms with Crippen molar-refractivity contribution in [1.29, 1.82) is 0 Å². The summed E-state index contributed by atoms with van der Waals surface area (Å²) in [5.74, 6) is 0.757. The van der Waals surface area contributed by atoms with Gasteiger partial charge in [-0.3, -0.25) is 4.68 Å². The molecule has 0 bridgehead atoms. The third-order valence-corrected chi connectivity index (χ3v) is 3.66. The number of halogens is 1. The summed E-state index contributed by atoms with van der Waals surface area (Å²) in [7, 11) is 1.97. The van der Waals surface area contributed by atoms with E-state index < -0.39 is 0 Å². The number of hydrogen-bond donors (Lipinski definition) is 0. The van der Waals surface area contributed by atoms with Crippen LogP contribution in [0.4, 0.5) is 0 Å². The van der Waals surface area contributed by atoms with E-state index in [0.29, 0.717) is 0 Å². The fraction of sp³-hybridized carbons (Fsp3) is 0.667. The van der Waals surface area contributed by atoms with Crippen LogP contribution in [0, 0.1) is 0 Å². The van der Waals surface area contributed by atoms with Crippen LogP contribution in [0.1, 0.15) is 37.2 Å². The Morgan fingerprint density at radius 3 is 2.67 bits per heavy atom. The molecule has 0 atom stereocenters. The van der Waals surface area contributed by atoms with Gasteiger partial charge in [0, 0.05) is 12.6 Å². The average Bonchev–Trinajstić information content (AvgIpc) is 2.64. The van der Waals surface area contributed by atoms with Gasteiger partial charge >= 0.3 is 0 Å². The van der Waals surface area contributed by atoms with E-state index in [1.165, 1.54) is 31.2 Å². The highest BCUT2D eigenvalue weighted by molar-refractivity contribution is 9.10. The quantitative estimate of drug-likeness (QED) is 0.723. The second-order valence-corrected chi connectivity index (χ2v) is 4.25. The Labute approximate surface area is 81.1 Å². The maximum absolute atomic E-state index is 4.23. The summed E-state index contributed by atoms with van der Waals surface area (Å²) >= 11 is 3.56. The highest BCUT2D eigenvalue weighted by atomic mass is 79.9. The predicted octanol–water partition coefficient (Wildman–Crippen LogP) is 2.84. The van der Waals surface area contributed by atoms with Crippen molar-refractivity contribution in [3.8, 4) is 0 Å². The molecule has 0 radical (unpaired) electrons. The first-order valence-corrected chi connectivity index (χ1v) is 5.25. The van der Waals surface area contributed by atoms with E-state index in [1.54, 1.807) is 0 Å². The molecule has 0 aliphatic heterocycles. The minimum atomic E-state index is 0.757. The van der Waals surface area contributed by atoms with Gasteiger partial charge in [0.25, 0.3) is 0 Å². The molecule has 0 saturated heterocycles. The van der Waals surface area contributed by atoms with Gasteiger partial charge in [0.05, 0.1) is 6.20 Å². The largest absolute Gasteiger partial charge is 0.261 e. The van der Waals surface area contributed by atoms with Crippen LogP contribution in [0.5, 0.6) is 0 Å². The number of hydrogen-bond acceptors (Lipinski definition) is 1. The average molecular weight is 229 g/mol. The van der Waals surface area contributed by atoms with Crippen LogP contribution in [0.15, 0.2) is 10.8 Å². The molecule has 1 aromatic heterocycles. The van der Waals surface area contributed by atoms with E-state index in [0.717, 1.165) is 10.5 Å². The summed E-state index contributed by atoms with van der Waals surface area (Å²) in [5, 5.41) is 4.23. The highest BCUT2D eigenvalue weighted by Crippen LogP contribution is 2.37.